The van der Waals surface area contributed by atoms with Crippen molar-refractivity contribution in [2.75, 3.05) is 0 Å². The Labute approximate surface area is 138 Å². The first-order valence-electron chi connectivity index (χ1n) is 8.56. The van der Waals surface area contributed by atoms with Crippen molar-refractivity contribution in [3.05, 3.63) is 58.7 Å². The van der Waals surface area contributed by atoms with E-state index in [1.807, 2.05) is 26.0 Å². The highest BCUT2D eigenvalue weighted by molar-refractivity contribution is 5.49. The summed E-state index contributed by atoms with van der Waals surface area (Å²) in [5.74, 6) is 1.48. The van der Waals surface area contributed by atoms with Gasteiger partial charge in [-0.25, -0.2) is 0 Å². The van der Waals surface area contributed by atoms with Crippen molar-refractivity contribution in [2.45, 2.75) is 51.9 Å². The maximum absolute atomic E-state index is 9.85. The van der Waals surface area contributed by atoms with Gasteiger partial charge in [0.1, 0.15) is 11.5 Å². The summed E-state index contributed by atoms with van der Waals surface area (Å²) in [5, 5.41) is 19.7. The number of benzene rings is 2. The summed E-state index contributed by atoms with van der Waals surface area (Å²) in [6.45, 7) is 6.16. The molecule has 0 atom stereocenters. The summed E-state index contributed by atoms with van der Waals surface area (Å²) < 4.78 is 0. The standard InChI is InChI=1S/C21H26O2/c1-4-5-16-12-21(13-16,17-6-8-19(22)14(2)10-17)18-7-9-20(23)15(3)11-18/h6-11,16,22-23H,4-5,12-13H2,1-3H3. The smallest absolute Gasteiger partial charge is 0.118 e. The van der Waals surface area contributed by atoms with Crippen molar-refractivity contribution in [3.8, 4) is 11.5 Å². The molecule has 0 amide bonds. The van der Waals surface area contributed by atoms with Crippen molar-refractivity contribution in [1.82, 2.24) is 0 Å². The Balaban J connectivity index is 2.04. The zero-order valence-electron chi connectivity index (χ0n) is 14.3. The molecular weight excluding hydrogens is 284 g/mol. The zero-order valence-corrected chi connectivity index (χ0v) is 14.3. The number of hydrogen-bond donors (Lipinski definition) is 2. The van der Waals surface area contributed by atoms with Crippen LogP contribution in [0.5, 0.6) is 11.5 Å². The van der Waals surface area contributed by atoms with Crippen LogP contribution in [-0.4, -0.2) is 10.2 Å². The van der Waals surface area contributed by atoms with E-state index in [1.54, 1.807) is 0 Å². The van der Waals surface area contributed by atoms with Gasteiger partial charge in [-0.3, -0.25) is 0 Å². The fourth-order valence-corrected chi connectivity index (χ4v) is 4.08. The van der Waals surface area contributed by atoms with E-state index >= 15 is 0 Å². The predicted octanol–water partition coefficient (Wildman–Crippen LogP) is 5.21. The van der Waals surface area contributed by atoms with E-state index in [2.05, 4.69) is 31.2 Å². The maximum atomic E-state index is 9.85. The molecule has 1 saturated carbocycles. The van der Waals surface area contributed by atoms with Crippen LogP contribution in [0.4, 0.5) is 0 Å². The Hall–Kier alpha value is -1.96. The van der Waals surface area contributed by atoms with Crippen molar-refractivity contribution >= 4 is 0 Å². The Morgan fingerprint density at radius 2 is 1.39 bits per heavy atom. The molecule has 0 heterocycles. The van der Waals surface area contributed by atoms with E-state index in [9.17, 15) is 10.2 Å². The van der Waals surface area contributed by atoms with Gasteiger partial charge in [-0.1, -0.05) is 44.0 Å². The van der Waals surface area contributed by atoms with Crippen LogP contribution in [0.3, 0.4) is 0 Å². The molecule has 3 rings (SSSR count). The van der Waals surface area contributed by atoms with Gasteiger partial charge in [0.05, 0.1) is 0 Å². The summed E-state index contributed by atoms with van der Waals surface area (Å²) in [7, 11) is 0. The molecule has 0 aromatic heterocycles. The Morgan fingerprint density at radius 1 is 0.913 bits per heavy atom. The van der Waals surface area contributed by atoms with Gasteiger partial charge in [0, 0.05) is 5.41 Å². The van der Waals surface area contributed by atoms with Gasteiger partial charge in [-0.2, -0.15) is 0 Å². The van der Waals surface area contributed by atoms with E-state index in [0.29, 0.717) is 11.5 Å². The molecule has 2 aromatic rings. The van der Waals surface area contributed by atoms with Gasteiger partial charge in [-0.15, -0.1) is 0 Å². The van der Waals surface area contributed by atoms with Crippen LogP contribution in [-0.2, 0) is 5.41 Å². The monoisotopic (exact) mass is 310 g/mol. The lowest BCUT2D eigenvalue weighted by molar-refractivity contribution is 0.170. The fourth-order valence-electron chi connectivity index (χ4n) is 4.08. The molecule has 2 nitrogen and oxygen atoms in total. The van der Waals surface area contributed by atoms with E-state index in [4.69, 9.17) is 0 Å². The quantitative estimate of drug-likeness (QED) is 0.813. The van der Waals surface area contributed by atoms with E-state index in [1.165, 1.54) is 24.0 Å². The molecule has 2 heteroatoms. The van der Waals surface area contributed by atoms with Gasteiger partial charge in [0.15, 0.2) is 0 Å². The third kappa shape index (κ3) is 2.71. The topological polar surface area (TPSA) is 40.5 Å². The highest BCUT2D eigenvalue weighted by atomic mass is 16.3. The van der Waals surface area contributed by atoms with Crippen LogP contribution in [0.25, 0.3) is 0 Å². The molecule has 1 aliphatic carbocycles. The molecule has 1 fully saturated rings. The number of aromatic hydroxyl groups is 2. The average molecular weight is 310 g/mol. The zero-order chi connectivity index (χ0) is 16.6. The second kappa shape index (κ2) is 5.92. The molecule has 23 heavy (non-hydrogen) atoms. The first-order chi connectivity index (χ1) is 11.0. The largest absolute Gasteiger partial charge is 0.508 e. The highest BCUT2D eigenvalue weighted by Gasteiger charge is 2.46. The molecule has 0 radical (unpaired) electrons. The molecule has 0 bridgehead atoms. The van der Waals surface area contributed by atoms with Crippen LogP contribution in [0.2, 0.25) is 0 Å². The number of phenolic OH excluding ortho intramolecular Hbond substituents is 2. The summed E-state index contributed by atoms with van der Waals surface area (Å²) >= 11 is 0. The van der Waals surface area contributed by atoms with E-state index < -0.39 is 0 Å². The van der Waals surface area contributed by atoms with Crippen LogP contribution in [0.15, 0.2) is 36.4 Å². The Morgan fingerprint density at radius 3 is 1.78 bits per heavy atom. The molecule has 2 aromatic carbocycles. The predicted molar refractivity (Wildman–Crippen MR) is 94.1 cm³/mol. The number of rotatable bonds is 4. The van der Waals surface area contributed by atoms with Crippen molar-refractivity contribution in [3.63, 3.8) is 0 Å². The lowest BCUT2D eigenvalue weighted by Gasteiger charge is -2.49. The minimum absolute atomic E-state index is 0.0246. The first-order valence-corrected chi connectivity index (χ1v) is 8.56. The molecule has 0 spiro atoms. The van der Waals surface area contributed by atoms with Crippen molar-refractivity contribution < 1.29 is 10.2 Å². The molecule has 0 saturated heterocycles. The SMILES string of the molecule is CCCC1CC(c2ccc(O)c(C)c2)(c2ccc(O)c(C)c2)C1. The summed E-state index contributed by atoms with van der Waals surface area (Å²) in [4.78, 5) is 0. The number of aryl methyl sites for hydroxylation is 2. The number of phenols is 2. The third-order valence-electron chi connectivity index (χ3n) is 5.47. The number of hydrogen-bond acceptors (Lipinski definition) is 2. The van der Waals surface area contributed by atoms with Gasteiger partial charge in [0.25, 0.3) is 0 Å². The molecule has 122 valence electrons. The normalized spacial score (nSPS) is 17.0. The Bertz CT molecular complexity index is 658. The average Bonchev–Trinajstić information content (AvgIpc) is 2.48. The Kier molecular flexibility index (Phi) is 4.09. The van der Waals surface area contributed by atoms with Crippen LogP contribution >= 0.6 is 0 Å². The van der Waals surface area contributed by atoms with Crippen LogP contribution < -0.4 is 0 Å². The van der Waals surface area contributed by atoms with Crippen molar-refractivity contribution in [2.24, 2.45) is 5.92 Å². The second-order valence-electron chi connectivity index (χ2n) is 7.15. The fraction of sp³-hybridized carbons (Fsp3) is 0.429. The van der Waals surface area contributed by atoms with Crippen LogP contribution in [0, 0.1) is 19.8 Å². The maximum Gasteiger partial charge on any atom is 0.118 e. The van der Waals surface area contributed by atoms with Gasteiger partial charge < -0.3 is 10.2 Å². The molecule has 0 aliphatic heterocycles. The summed E-state index contributed by atoms with van der Waals surface area (Å²) in [6.07, 6.45) is 4.80. The van der Waals surface area contributed by atoms with Crippen molar-refractivity contribution in [1.29, 1.82) is 0 Å². The van der Waals surface area contributed by atoms with E-state index in [0.717, 1.165) is 29.9 Å². The minimum atomic E-state index is 0.0246. The third-order valence-corrected chi connectivity index (χ3v) is 5.47. The van der Waals surface area contributed by atoms with Gasteiger partial charge >= 0.3 is 0 Å². The van der Waals surface area contributed by atoms with E-state index in [-0.39, 0.29) is 5.41 Å². The lowest BCUT2D eigenvalue weighted by Crippen LogP contribution is -2.42. The second-order valence-corrected chi connectivity index (χ2v) is 7.15. The van der Waals surface area contributed by atoms with Crippen LogP contribution in [0.1, 0.15) is 54.9 Å². The summed E-state index contributed by atoms with van der Waals surface area (Å²) in [5.41, 5.74) is 4.44. The molecule has 2 N–H and O–H groups in total. The molecule has 0 unspecified atom stereocenters. The first kappa shape index (κ1) is 15.9. The van der Waals surface area contributed by atoms with Gasteiger partial charge in [0.2, 0.25) is 0 Å². The lowest BCUT2D eigenvalue weighted by atomic mass is 9.54. The molecule has 1 aliphatic rings. The van der Waals surface area contributed by atoms with Gasteiger partial charge in [-0.05, 0) is 67.0 Å². The molecular formula is C21H26O2. The summed E-state index contributed by atoms with van der Waals surface area (Å²) in [6, 6.07) is 12.0. The minimum Gasteiger partial charge on any atom is -0.508 e. The highest BCUT2D eigenvalue weighted by Crippen LogP contribution is 2.54.